The molecule has 0 amide bonds. The van der Waals surface area contributed by atoms with Gasteiger partial charge in [0.15, 0.2) is 46.2 Å². The highest BCUT2D eigenvalue weighted by Gasteiger charge is 2.56. The Kier molecular flexibility index (Phi) is 49.7. The van der Waals surface area contributed by atoms with Gasteiger partial charge in [-0.1, -0.05) is 278 Å². The highest BCUT2D eigenvalue weighted by Crippen LogP contribution is 2.45. The molecule has 7 heterocycles. The maximum atomic E-state index is 13.2. The van der Waals surface area contributed by atoms with Crippen LogP contribution in [0, 0.1) is 29.6 Å². The van der Waals surface area contributed by atoms with E-state index in [-0.39, 0.29) is 58.5 Å². The van der Waals surface area contributed by atoms with E-state index in [9.17, 15) is 24.0 Å². The maximum Gasteiger partial charge on any atom is 0.217 e. The molecule has 2 atom stereocenters. The average molecular weight is 2080 g/mol. The molecule has 1 N–H and O–H groups in total. The number of rotatable bonds is 31. The first-order valence-corrected chi connectivity index (χ1v) is 67.8. The van der Waals surface area contributed by atoms with E-state index in [0.717, 1.165) is 77.9 Å². The van der Waals surface area contributed by atoms with Crippen LogP contribution in [0.15, 0.2) is 227 Å². The Morgan fingerprint density at radius 2 is 0.831 bits per heavy atom. The van der Waals surface area contributed by atoms with Crippen molar-refractivity contribution in [2.45, 2.75) is 324 Å². The van der Waals surface area contributed by atoms with Gasteiger partial charge in [0.1, 0.15) is 109 Å². The molecule has 2 unspecified atom stereocenters. The van der Waals surface area contributed by atoms with Crippen LogP contribution in [0.25, 0.3) is 21.5 Å². The quantitative estimate of drug-likeness (QED) is 0.0259. The first-order valence-electron chi connectivity index (χ1n) is 55.0. The Hall–Kier alpha value is -5.95. The van der Waals surface area contributed by atoms with Crippen molar-refractivity contribution in [3.8, 4) is 17.2 Å². The fourth-order valence-electron chi connectivity index (χ4n) is 21.5. The summed E-state index contributed by atoms with van der Waals surface area (Å²) in [6.45, 7) is 32.1. The van der Waals surface area contributed by atoms with Gasteiger partial charge in [-0.3, -0.25) is 24.0 Å². The second-order valence-electron chi connectivity index (χ2n) is 43.5. The fourth-order valence-corrected chi connectivity index (χ4v) is 43.9. The van der Waals surface area contributed by atoms with E-state index < -0.39 is 0 Å². The lowest BCUT2D eigenvalue weighted by molar-refractivity contribution is -0.123. The number of ketones is 5. The number of fused-ring (bicyclic) bond motifs is 2. The van der Waals surface area contributed by atoms with Crippen LogP contribution in [0.3, 0.4) is 0 Å². The number of carbonyl (C=O) groups is 5. The van der Waals surface area contributed by atoms with Gasteiger partial charge in [0, 0.05) is 128 Å². The smallest absolute Gasteiger partial charge is 0.217 e. The van der Waals surface area contributed by atoms with Gasteiger partial charge in [-0.05, 0) is 255 Å². The van der Waals surface area contributed by atoms with Crippen molar-refractivity contribution < 1.29 is 38.6 Å². The molecule has 16 heteroatoms. The molecule has 772 valence electrons. The van der Waals surface area contributed by atoms with Crippen LogP contribution in [0.2, 0.25) is 0 Å². The van der Waals surface area contributed by atoms with Crippen LogP contribution >= 0.6 is 0 Å². The third-order valence-electron chi connectivity index (χ3n) is 29.3. The molecule has 0 radical (unpaired) electrons. The fraction of sp³-hybridized carbons (Fsp3) is 0.563. The van der Waals surface area contributed by atoms with E-state index in [0.29, 0.717) is 100 Å². The molecule has 9 aromatic rings. The van der Waals surface area contributed by atoms with Crippen LogP contribution in [0.1, 0.15) is 330 Å². The molecule has 9 aliphatic rings. The minimum Gasteiger partial charge on any atom is -0.508 e. The summed E-state index contributed by atoms with van der Waals surface area (Å²) in [6.07, 6.45) is 39.1. The summed E-state index contributed by atoms with van der Waals surface area (Å²) in [5.41, 5.74) is 4.91. The molecule has 18 rings (SSSR count). The lowest BCUT2D eigenvalue weighted by Crippen LogP contribution is -2.48. The Balaban J connectivity index is 0.000000156. The third-order valence-corrected chi connectivity index (χ3v) is 52.2. The number of aromatic hydroxyl groups is 1. The van der Waals surface area contributed by atoms with Crippen molar-refractivity contribution in [3.05, 3.63) is 240 Å². The lowest BCUT2D eigenvalue weighted by Gasteiger charge is -2.33. The molecule has 142 heavy (non-hydrogen) atoms. The number of Topliss-reactive ketones (excluding diaryl/α,β-unsaturated/α-hetero) is 5. The van der Waals surface area contributed by atoms with Gasteiger partial charge in [-0.2, -0.15) is 0 Å². The lowest BCUT2D eigenvalue weighted by atomic mass is 9.83. The SMILES string of the molecule is CC(C)C(=O)C(C)(C)[S+]1CCCC1.CCCCOc1ccc([S+]2CCCC2)c2ccccc12.CCCC[S+](CCCC)C(C(=O)c1ccccc1)C(C)(C)C.Cc1ccc(C(=O)C([S+]2CCCC2)C(C)(C)C)cc1.O=C(C[S+]1CCCC1)c1ccccc1.O=C(c1ccccc1)C1([S+]2CCCC2)CCCCC1.Oc1ccc([S+]2CCCC2)cc1.c1ccc2c([S+]3CCCC3)ccc(OCC3CCCCC3)c2c1. The van der Waals surface area contributed by atoms with Gasteiger partial charge in [-0.25, -0.2) is 0 Å². The van der Waals surface area contributed by atoms with Crippen molar-refractivity contribution in [2.75, 3.05) is 111 Å². The van der Waals surface area contributed by atoms with E-state index >= 15 is 0 Å². The number of ether oxygens (including phenoxy) is 2. The number of phenols is 1. The minimum absolute atomic E-state index is 0.0100. The van der Waals surface area contributed by atoms with Gasteiger partial charge in [-0.15, -0.1) is 0 Å². The average Bonchev–Trinajstić information content (AvgIpc) is 1.19. The van der Waals surface area contributed by atoms with Gasteiger partial charge >= 0.3 is 0 Å². The molecular weight excluding hydrogens is 1900 g/mol. The van der Waals surface area contributed by atoms with Crippen LogP contribution in [-0.2, 0) is 92.0 Å². The molecule has 7 saturated heterocycles. The second kappa shape index (κ2) is 60.6. The first kappa shape index (κ1) is 116. The maximum absolute atomic E-state index is 13.2. The molecular formula is C126H180O8S8+8. The molecule has 7 aliphatic heterocycles. The Labute approximate surface area is 883 Å². The van der Waals surface area contributed by atoms with Crippen molar-refractivity contribution in [2.24, 2.45) is 22.7 Å². The van der Waals surface area contributed by atoms with Crippen molar-refractivity contribution in [1.29, 1.82) is 0 Å². The minimum atomic E-state index is -0.0509. The highest BCUT2D eigenvalue weighted by molar-refractivity contribution is 8.00. The highest BCUT2D eigenvalue weighted by atomic mass is 32.2. The molecule has 2 aliphatic carbocycles. The summed E-state index contributed by atoms with van der Waals surface area (Å²) in [5.74, 6) is 27.1. The second-order valence-corrected chi connectivity index (χ2v) is 62.7. The largest absolute Gasteiger partial charge is 0.508 e. The van der Waals surface area contributed by atoms with E-state index in [1.807, 2.05) is 129 Å². The Bertz CT molecular complexity index is 5160. The van der Waals surface area contributed by atoms with Gasteiger partial charge in [0.2, 0.25) is 23.1 Å². The molecule has 8 nitrogen and oxygen atoms in total. The zero-order chi connectivity index (χ0) is 101. The molecule has 0 spiro atoms. The van der Waals surface area contributed by atoms with Crippen molar-refractivity contribution >= 4 is 138 Å². The van der Waals surface area contributed by atoms with E-state index in [1.54, 1.807) is 21.9 Å². The molecule has 9 aromatic carbocycles. The van der Waals surface area contributed by atoms with Crippen LogP contribution in [0.5, 0.6) is 17.2 Å². The Morgan fingerprint density at radius 3 is 1.31 bits per heavy atom. The number of hydrogen-bond donors (Lipinski definition) is 1. The van der Waals surface area contributed by atoms with Crippen molar-refractivity contribution in [3.63, 3.8) is 0 Å². The van der Waals surface area contributed by atoms with E-state index in [4.69, 9.17) is 14.6 Å². The molecule has 2 saturated carbocycles. The normalized spacial score (nSPS) is 18.2. The van der Waals surface area contributed by atoms with Crippen LogP contribution < -0.4 is 9.47 Å². The Morgan fingerprint density at radius 1 is 0.408 bits per heavy atom. The molecule has 0 bridgehead atoms. The number of aryl methyl sites for hydroxylation is 1. The van der Waals surface area contributed by atoms with Crippen LogP contribution in [0.4, 0.5) is 0 Å². The van der Waals surface area contributed by atoms with Gasteiger partial charge in [0.25, 0.3) is 0 Å². The topological polar surface area (TPSA) is 124 Å². The number of benzene rings is 9. The summed E-state index contributed by atoms with van der Waals surface area (Å²) in [6, 6.07) is 72.1. The number of unbranched alkanes of at least 4 members (excludes halogenated alkanes) is 3. The number of phenolic OH excluding ortho intramolecular Hbond substituents is 1. The summed E-state index contributed by atoms with van der Waals surface area (Å²) in [4.78, 5) is 67.5. The standard InChI is InChI=1S/C21H27OS.C20H33OS.C18H23OS.C17H23OS.C17H25OS.C12H15OS.C11H21OS.C10H12OS/c1-2-8-17(9-3-1)16-22-20-12-13-21(23-14-6-7-15-23)19-11-5-4-10-18(19)20;1-6-8-15-22(16-9-7-2)19(20(3,4)5)18(21)17-13-11-10-12-14-17;1-2-3-12-19-17-10-11-18(20-13-6-7-14-20)16-9-5-4-8-15(16)17;18-16(15-9-3-1-4-10-15)17(11-5-2-6-12-17)19-13-7-8-14-19;1-13-7-9-14(10-8-13)15(18)16(17(2,3)4)19-11-5-6-12-19;13-12(10-14-8-4-5-9-14)11-6-2-1-3-7-11;1-9(2)10(12)11(3,4)13-7-5-6-8-13;11-9-3-5-10(6-4-9)12-7-1-2-8-12/h4-5,10-13,17H,1-3,6-9,14-16H2;10-14,19H,6-9,15-16H2,1-5H3;4-5,8-11H,2-3,6-7,12-14H2,1H3;1,3-4,9-10H,2,5-8,11-14H2;7-10,16H,5-6,11-12H2,1-4H3;1-3,6-7H,4-5,8-10H2;9H,5-8H2,1-4H3;3-6H,1-2,7-8H2/q7*+1;/p+1. The molecule has 0 aromatic heterocycles. The third kappa shape index (κ3) is 35.4. The number of hydrogen-bond acceptors (Lipinski definition) is 8. The predicted octanol–water partition coefficient (Wildman–Crippen LogP) is 30.7. The van der Waals surface area contributed by atoms with Crippen LogP contribution in [-0.4, -0.2) is 165 Å². The van der Waals surface area contributed by atoms with Gasteiger partial charge in [0.05, 0.1) is 13.2 Å². The summed E-state index contributed by atoms with van der Waals surface area (Å²) < 4.78 is 12.2. The van der Waals surface area contributed by atoms with E-state index in [1.165, 1.54) is 297 Å². The number of carbonyl (C=O) groups excluding carboxylic acids is 5. The van der Waals surface area contributed by atoms with E-state index in [2.05, 4.69) is 168 Å². The van der Waals surface area contributed by atoms with Crippen molar-refractivity contribution in [1.82, 2.24) is 0 Å². The predicted molar refractivity (Wildman–Crippen MR) is 633 cm³/mol. The molecule has 9 fully saturated rings. The zero-order valence-electron chi connectivity index (χ0n) is 89.7. The summed E-state index contributed by atoms with van der Waals surface area (Å²) in [7, 11) is 2.99. The summed E-state index contributed by atoms with van der Waals surface area (Å²) in [5, 5.41) is 14.9. The summed E-state index contributed by atoms with van der Waals surface area (Å²) >= 11 is 0. The monoisotopic (exact) mass is 2080 g/mol. The van der Waals surface area contributed by atoms with Gasteiger partial charge < -0.3 is 14.6 Å². The zero-order valence-corrected chi connectivity index (χ0v) is 96.3. The first-order chi connectivity index (χ1) is 68.6.